The first-order valence-electron chi connectivity index (χ1n) is 8.58. The third kappa shape index (κ3) is 2.28. The highest BCUT2D eigenvalue weighted by Gasteiger charge is 2.39. The van der Waals surface area contributed by atoms with Crippen molar-refractivity contribution >= 4 is 23.7 Å². The van der Waals surface area contributed by atoms with Crippen LogP contribution in [0.1, 0.15) is 39.2 Å². The molecule has 1 atom stereocenters. The molecule has 5 rings (SSSR count). The lowest BCUT2D eigenvalue weighted by molar-refractivity contribution is 0.0924. The first-order chi connectivity index (χ1) is 13.1. The number of rotatable bonds is 2. The Morgan fingerprint density at radius 3 is 2.22 bits per heavy atom. The molecule has 0 fully saturated rings. The van der Waals surface area contributed by atoms with E-state index in [4.69, 9.17) is 0 Å². The molecule has 0 unspecified atom stereocenters. The van der Waals surface area contributed by atoms with Gasteiger partial charge in [-0.05, 0) is 30.7 Å². The highest BCUT2D eigenvalue weighted by molar-refractivity contribution is 6.33. The van der Waals surface area contributed by atoms with Crippen molar-refractivity contribution in [3.8, 4) is 0 Å². The Kier molecular flexibility index (Phi) is 3.24. The fraction of sp³-hybridized carbons (Fsp3) is 0.100. The highest BCUT2D eigenvalue weighted by Crippen LogP contribution is 2.32. The number of allylic oxidation sites excluding steroid dienone is 2. The number of fused-ring (bicyclic) bond motifs is 2. The van der Waals surface area contributed by atoms with Gasteiger partial charge in [0, 0.05) is 5.70 Å². The molecule has 0 bridgehead atoms. The Bertz CT molecular complexity index is 1080. The van der Waals surface area contributed by atoms with Crippen LogP contribution in [-0.2, 0) is 0 Å². The summed E-state index contributed by atoms with van der Waals surface area (Å²) in [5, 5.41) is 7.65. The molecule has 0 aliphatic carbocycles. The van der Waals surface area contributed by atoms with E-state index in [9.17, 15) is 9.59 Å². The van der Waals surface area contributed by atoms with Crippen molar-refractivity contribution in [2.75, 3.05) is 10.2 Å². The van der Waals surface area contributed by atoms with Gasteiger partial charge in [0.05, 0.1) is 11.1 Å². The third-order valence-corrected chi connectivity index (χ3v) is 4.74. The lowest BCUT2D eigenvalue weighted by atomic mass is 10.1. The number of nitrogens with one attached hydrogen (secondary N) is 1. The minimum absolute atomic E-state index is 0.0766. The van der Waals surface area contributed by atoms with Crippen molar-refractivity contribution in [3.05, 3.63) is 83.1 Å². The first-order valence-corrected chi connectivity index (χ1v) is 8.58. The number of imide groups is 1. The van der Waals surface area contributed by atoms with Crippen molar-refractivity contribution in [2.45, 2.75) is 13.0 Å². The van der Waals surface area contributed by atoms with Crippen molar-refractivity contribution < 1.29 is 9.59 Å². The number of nitrogens with zero attached hydrogens (tertiary/aromatic N) is 4. The molecule has 0 saturated heterocycles. The Balaban J connectivity index is 1.59. The molecular formula is C20H15N5O2. The number of carbonyl (C=O) groups excluding carboxylic acids is 2. The van der Waals surface area contributed by atoms with E-state index < -0.39 is 11.8 Å². The maximum atomic E-state index is 12.7. The highest BCUT2D eigenvalue weighted by atomic mass is 16.2. The SMILES string of the molecule is CC1=C[C@H](c2ccccc2)n2nc(N3C(=O)c4ccccc4C3=O)nc2N1. The zero-order valence-corrected chi connectivity index (χ0v) is 14.5. The molecule has 7 heteroatoms. The van der Waals surface area contributed by atoms with Crippen LogP contribution in [0.4, 0.5) is 11.9 Å². The third-order valence-electron chi connectivity index (χ3n) is 4.74. The van der Waals surface area contributed by atoms with Gasteiger partial charge in [0.15, 0.2) is 0 Å². The molecule has 27 heavy (non-hydrogen) atoms. The normalized spacial score (nSPS) is 18.0. The number of benzene rings is 2. The van der Waals surface area contributed by atoms with Gasteiger partial charge in [0.25, 0.3) is 17.8 Å². The van der Waals surface area contributed by atoms with Crippen LogP contribution in [-0.4, -0.2) is 26.6 Å². The van der Waals surface area contributed by atoms with Crippen LogP contribution in [0.5, 0.6) is 0 Å². The lowest BCUT2D eigenvalue weighted by Crippen LogP contribution is -2.30. The molecule has 3 aromatic rings. The van der Waals surface area contributed by atoms with Gasteiger partial charge in [-0.3, -0.25) is 9.59 Å². The molecule has 3 heterocycles. The molecule has 132 valence electrons. The van der Waals surface area contributed by atoms with Gasteiger partial charge in [-0.2, -0.15) is 4.98 Å². The molecule has 1 N–H and O–H groups in total. The van der Waals surface area contributed by atoms with Crippen LogP contribution in [0.2, 0.25) is 0 Å². The summed E-state index contributed by atoms with van der Waals surface area (Å²) in [5.74, 6) is -0.234. The van der Waals surface area contributed by atoms with Crippen molar-refractivity contribution in [2.24, 2.45) is 0 Å². The van der Waals surface area contributed by atoms with E-state index in [1.165, 1.54) is 0 Å². The fourth-order valence-corrected chi connectivity index (χ4v) is 3.47. The molecule has 7 nitrogen and oxygen atoms in total. The topological polar surface area (TPSA) is 80.1 Å². The monoisotopic (exact) mass is 357 g/mol. The Labute approximate surface area is 154 Å². The van der Waals surface area contributed by atoms with Crippen LogP contribution in [0, 0.1) is 0 Å². The number of aromatic nitrogens is 3. The van der Waals surface area contributed by atoms with E-state index in [-0.39, 0.29) is 12.0 Å². The van der Waals surface area contributed by atoms with Crippen molar-refractivity contribution in [3.63, 3.8) is 0 Å². The maximum absolute atomic E-state index is 12.7. The second-order valence-corrected chi connectivity index (χ2v) is 6.50. The molecule has 2 amide bonds. The van der Waals surface area contributed by atoms with Crippen molar-refractivity contribution in [1.82, 2.24) is 14.8 Å². The molecule has 2 aliphatic heterocycles. The molecule has 1 aromatic heterocycles. The fourth-order valence-electron chi connectivity index (χ4n) is 3.47. The summed E-state index contributed by atoms with van der Waals surface area (Å²) < 4.78 is 1.70. The van der Waals surface area contributed by atoms with E-state index in [2.05, 4.69) is 15.4 Å². The van der Waals surface area contributed by atoms with Crippen molar-refractivity contribution in [1.29, 1.82) is 0 Å². The van der Waals surface area contributed by atoms with E-state index >= 15 is 0 Å². The Morgan fingerprint density at radius 1 is 0.926 bits per heavy atom. The van der Waals surface area contributed by atoms with Crippen LogP contribution in [0.3, 0.4) is 0 Å². The zero-order chi connectivity index (χ0) is 18.5. The number of anilines is 2. The molecule has 2 aromatic carbocycles. The quantitative estimate of drug-likeness (QED) is 0.713. The predicted molar refractivity (Wildman–Crippen MR) is 99.6 cm³/mol. The summed E-state index contributed by atoms with van der Waals surface area (Å²) in [6.07, 6.45) is 2.03. The van der Waals surface area contributed by atoms with E-state index in [0.717, 1.165) is 16.2 Å². The number of hydrogen-bond acceptors (Lipinski definition) is 5. The average molecular weight is 357 g/mol. The number of amides is 2. The summed E-state index contributed by atoms with van der Waals surface area (Å²) in [5.41, 5.74) is 2.71. The average Bonchev–Trinajstić information content (AvgIpc) is 3.21. The standard InChI is InChI=1S/C20H15N5O2/c1-12-11-16(13-7-3-2-4-8-13)25-19(21-12)22-20(23-25)24-17(26)14-9-5-6-10-15(14)18(24)27/h2-11,16H,1H3,(H,21,22,23)/t16-/m1/s1. The maximum Gasteiger partial charge on any atom is 0.268 e. The molecule has 0 radical (unpaired) electrons. The van der Waals surface area contributed by atoms with Gasteiger partial charge >= 0.3 is 0 Å². The summed E-state index contributed by atoms with van der Waals surface area (Å²) in [6.45, 7) is 1.94. The molecule has 0 spiro atoms. The lowest BCUT2D eigenvalue weighted by Gasteiger charge is -2.22. The predicted octanol–water partition coefficient (Wildman–Crippen LogP) is 3.00. The van der Waals surface area contributed by atoms with Gasteiger partial charge in [0.2, 0.25) is 5.95 Å². The second kappa shape index (κ2) is 5.63. The van der Waals surface area contributed by atoms with E-state index in [0.29, 0.717) is 17.1 Å². The molecular weight excluding hydrogens is 342 g/mol. The van der Waals surface area contributed by atoms with E-state index in [1.807, 2.05) is 43.3 Å². The van der Waals surface area contributed by atoms with Gasteiger partial charge in [-0.25, -0.2) is 9.58 Å². The van der Waals surface area contributed by atoms with Gasteiger partial charge in [0.1, 0.15) is 6.04 Å². The molecule has 0 saturated carbocycles. The Hall–Kier alpha value is -3.74. The summed E-state index contributed by atoms with van der Waals surface area (Å²) in [6, 6.07) is 16.5. The van der Waals surface area contributed by atoms with Crippen LogP contribution in [0.15, 0.2) is 66.4 Å². The zero-order valence-electron chi connectivity index (χ0n) is 14.5. The van der Waals surface area contributed by atoms with E-state index in [1.54, 1.807) is 28.9 Å². The summed E-state index contributed by atoms with van der Waals surface area (Å²) in [4.78, 5) is 30.9. The van der Waals surface area contributed by atoms with Crippen LogP contribution >= 0.6 is 0 Å². The first kappa shape index (κ1) is 15.5. The number of carbonyl (C=O) groups is 2. The minimum Gasteiger partial charge on any atom is -0.329 e. The number of hydrogen-bond donors (Lipinski definition) is 1. The van der Waals surface area contributed by atoms with Crippen LogP contribution in [0.25, 0.3) is 0 Å². The summed E-state index contributed by atoms with van der Waals surface area (Å²) in [7, 11) is 0. The van der Waals surface area contributed by atoms with Gasteiger partial charge < -0.3 is 5.32 Å². The Morgan fingerprint density at radius 2 is 1.56 bits per heavy atom. The second-order valence-electron chi connectivity index (χ2n) is 6.50. The van der Waals surface area contributed by atoms with Gasteiger partial charge in [-0.15, -0.1) is 5.10 Å². The largest absolute Gasteiger partial charge is 0.329 e. The minimum atomic E-state index is -0.403. The van der Waals surface area contributed by atoms with Crippen LogP contribution < -0.4 is 10.2 Å². The summed E-state index contributed by atoms with van der Waals surface area (Å²) >= 11 is 0. The van der Waals surface area contributed by atoms with Gasteiger partial charge in [-0.1, -0.05) is 42.5 Å². The smallest absolute Gasteiger partial charge is 0.268 e. The molecule has 2 aliphatic rings.